The molecule has 0 N–H and O–H groups in total. The van der Waals surface area contributed by atoms with Gasteiger partial charge in [-0.3, -0.25) is 4.79 Å². The van der Waals surface area contributed by atoms with E-state index in [1.54, 1.807) is 0 Å². The molecule has 2 aliphatic rings. The van der Waals surface area contributed by atoms with E-state index in [0.717, 1.165) is 30.6 Å². The van der Waals surface area contributed by atoms with Crippen LogP contribution in [0.15, 0.2) is 0 Å². The molecular formula is C14H20O. The third-order valence-electron chi connectivity index (χ3n) is 4.08. The van der Waals surface area contributed by atoms with Crippen molar-refractivity contribution in [3.8, 4) is 11.8 Å². The number of carbonyl (C=O) groups is 1. The van der Waals surface area contributed by atoms with Crippen LogP contribution in [0, 0.1) is 29.6 Å². The van der Waals surface area contributed by atoms with E-state index in [-0.39, 0.29) is 0 Å². The third-order valence-corrected chi connectivity index (χ3v) is 4.08. The van der Waals surface area contributed by atoms with Crippen LogP contribution in [0.4, 0.5) is 0 Å². The van der Waals surface area contributed by atoms with E-state index in [4.69, 9.17) is 0 Å². The first-order valence-electron chi connectivity index (χ1n) is 6.21. The molecule has 0 aromatic carbocycles. The monoisotopic (exact) mass is 204 g/mol. The van der Waals surface area contributed by atoms with Crippen molar-refractivity contribution in [3.05, 3.63) is 0 Å². The van der Waals surface area contributed by atoms with Crippen molar-refractivity contribution in [1.82, 2.24) is 0 Å². The van der Waals surface area contributed by atoms with Crippen molar-refractivity contribution in [3.63, 3.8) is 0 Å². The molecule has 3 atom stereocenters. The van der Waals surface area contributed by atoms with E-state index in [0.29, 0.717) is 12.2 Å². The van der Waals surface area contributed by atoms with Crippen molar-refractivity contribution in [1.29, 1.82) is 0 Å². The second-order valence-corrected chi connectivity index (χ2v) is 5.10. The number of hydrogen-bond donors (Lipinski definition) is 0. The van der Waals surface area contributed by atoms with Crippen LogP contribution in [0.2, 0.25) is 0 Å². The molecule has 2 bridgehead atoms. The van der Waals surface area contributed by atoms with Crippen LogP contribution in [0.25, 0.3) is 0 Å². The Morgan fingerprint density at radius 3 is 2.80 bits per heavy atom. The first-order valence-corrected chi connectivity index (χ1v) is 6.21. The summed E-state index contributed by atoms with van der Waals surface area (Å²) in [6.07, 6.45) is 7.83. The average Bonchev–Trinajstić information content (AvgIpc) is 2.79. The third kappa shape index (κ3) is 2.62. The molecule has 82 valence electrons. The number of Topliss-reactive ketones (excluding diaryl/α,β-unsaturated/α-hetero) is 1. The largest absolute Gasteiger partial charge is 0.300 e. The molecule has 3 unspecified atom stereocenters. The lowest BCUT2D eigenvalue weighted by Gasteiger charge is -2.20. The molecule has 15 heavy (non-hydrogen) atoms. The summed E-state index contributed by atoms with van der Waals surface area (Å²) in [7, 11) is 0. The molecule has 0 amide bonds. The molecular weight excluding hydrogens is 184 g/mol. The normalized spacial score (nSPS) is 32.5. The molecule has 0 saturated heterocycles. The number of carbonyl (C=O) groups excluding carboxylic acids is 1. The van der Waals surface area contributed by atoms with Gasteiger partial charge in [-0.1, -0.05) is 6.42 Å². The lowest BCUT2D eigenvalue weighted by Crippen LogP contribution is -2.14. The maximum atomic E-state index is 11.7. The van der Waals surface area contributed by atoms with Gasteiger partial charge in [-0.05, 0) is 43.9 Å². The fraction of sp³-hybridized carbons (Fsp3) is 0.786. The van der Waals surface area contributed by atoms with E-state index >= 15 is 0 Å². The van der Waals surface area contributed by atoms with Crippen molar-refractivity contribution in [2.75, 3.05) is 0 Å². The van der Waals surface area contributed by atoms with Gasteiger partial charge in [-0.15, -0.1) is 11.8 Å². The molecule has 0 aromatic rings. The minimum Gasteiger partial charge on any atom is -0.300 e. The lowest BCUT2D eigenvalue weighted by molar-refractivity contribution is -0.120. The van der Waals surface area contributed by atoms with Gasteiger partial charge in [-0.25, -0.2) is 0 Å². The molecule has 2 saturated carbocycles. The molecule has 0 radical (unpaired) electrons. The highest BCUT2D eigenvalue weighted by molar-refractivity contribution is 5.78. The first kappa shape index (κ1) is 10.7. The maximum absolute atomic E-state index is 11.7. The van der Waals surface area contributed by atoms with Gasteiger partial charge in [0.1, 0.15) is 5.78 Å². The van der Waals surface area contributed by atoms with Gasteiger partial charge in [0.2, 0.25) is 0 Å². The van der Waals surface area contributed by atoms with Crippen LogP contribution < -0.4 is 0 Å². The lowest BCUT2D eigenvalue weighted by atomic mass is 9.84. The Morgan fingerprint density at radius 2 is 2.20 bits per heavy atom. The molecule has 0 heterocycles. The minimum atomic E-state index is 0.440. The van der Waals surface area contributed by atoms with Crippen LogP contribution in [-0.4, -0.2) is 5.78 Å². The van der Waals surface area contributed by atoms with Gasteiger partial charge >= 0.3 is 0 Å². The average molecular weight is 204 g/mol. The van der Waals surface area contributed by atoms with Gasteiger partial charge in [-0.2, -0.15) is 0 Å². The highest BCUT2D eigenvalue weighted by Crippen LogP contribution is 2.49. The summed E-state index contributed by atoms with van der Waals surface area (Å²) in [6.45, 7) is 1.83. The highest BCUT2D eigenvalue weighted by Gasteiger charge is 2.39. The van der Waals surface area contributed by atoms with Crippen LogP contribution in [0.3, 0.4) is 0 Å². The zero-order valence-electron chi connectivity index (χ0n) is 9.59. The molecule has 1 heteroatoms. The molecule has 0 aliphatic heterocycles. The second-order valence-electron chi connectivity index (χ2n) is 5.10. The van der Waals surface area contributed by atoms with Crippen molar-refractivity contribution >= 4 is 5.78 Å². The number of ketones is 1. The fourth-order valence-corrected chi connectivity index (χ4v) is 3.35. The van der Waals surface area contributed by atoms with E-state index in [2.05, 4.69) is 11.8 Å². The highest BCUT2D eigenvalue weighted by atomic mass is 16.1. The maximum Gasteiger partial charge on any atom is 0.134 e. The standard InChI is InChI=1S/C14H20O/c1-2-3-4-5-14(15)10-13-9-11-6-7-12(13)8-11/h11-13H,4-10H2,1H3. The molecule has 2 fully saturated rings. The van der Waals surface area contributed by atoms with Crippen LogP contribution >= 0.6 is 0 Å². The number of fused-ring (bicyclic) bond motifs is 2. The quantitative estimate of drug-likeness (QED) is 0.643. The Bertz CT molecular complexity index is 294. The Morgan fingerprint density at radius 1 is 1.33 bits per heavy atom. The smallest absolute Gasteiger partial charge is 0.134 e. The topological polar surface area (TPSA) is 17.1 Å². The Hall–Kier alpha value is -0.770. The Labute approximate surface area is 92.6 Å². The fourth-order valence-electron chi connectivity index (χ4n) is 3.35. The van der Waals surface area contributed by atoms with Gasteiger partial charge in [0.05, 0.1) is 0 Å². The SMILES string of the molecule is CC#CCCC(=O)CC1CC2CCC1C2. The van der Waals surface area contributed by atoms with Gasteiger partial charge in [0.25, 0.3) is 0 Å². The predicted molar refractivity (Wildman–Crippen MR) is 61.2 cm³/mol. The van der Waals surface area contributed by atoms with Crippen molar-refractivity contribution in [2.45, 2.75) is 51.9 Å². The summed E-state index contributed by atoms with van der Waals surface area (Å²) in [4.78, 5) is 11.7. The summed E-state index contributed by atoms with van der Waals surface area (Å²) in [5.74, 6) is 8.82. The minimum absolute atomic E-state index is 0.440. The summed E-state index contributed by atoms with van der Waals surface area (Å²) in [6, 6.07) is 0. The summed E-state index contributed by atoms with van der Waals surface area (Å²) in [5, 5.41) is 0. The zero-order valence-corrected chi connectivity index (χ0v) is 9.59. The van der Waals surface area contributed by atoms with Gasteiger partial charge in [0.15, 0.2) is 0 Å². The van der Waals surface area contributed by atoms with Gasteiger partial charge in [0, 0.05) is 19.3 Å². The van der Waals surface area contributed by atoms with Gasteiger partial charge < -0.3 is 0 Å². The van der Waals surface area contributed by atoms with Crippen molar-refractivity contribution in [2.24, 2.45) is 17.8 Å². The molecule has 0 aromatic heterocycles. The number of hydrogen-bond acceptors (Lipinski definition) is 1. The Balaban J connectivity index is 1.72. The van der Waals surface area contributed by atoms with E-state index in [9.17, 15) is 4.79 Å². The van der Waals surface area contributed by atoms with Crippen LogP contribution in [-0.2, 0) is 4.79 Å². The molecule has 1 nitrogen and oxygen atoms in total. The molecule has 2 aliphatic carbocycles. The zero-order chi connectivity index (χ0) is 10.7. The summed E-state index contributed by atoms with van der Waals surface area (Å²) >= 11 is 0. The summed E-state index contributed by atoms with van der Waals surface area (Å²) in [5.41, 5.74) is 0. The van der Waals surface area contributed by atoms with E-state index in [1.807, 2.05) is 6.92 Å². The van der Waals surface area contributed by atoms with Crippen molar-refractivity contribution < 1.29 is 4.79 Å². The molecule has 0 spiro atoms. The predicted octanol–water partition coefficient (Wildman–Crippen LogP) is 3.19. The Kier molecular flexibility index (Phi) is 3.46. The van der Waals surface area contributed by atoms with Crippen LogP contribution in [0.1, 0.15) is 51.9 Å². The van der Waals surface area contributed by atoms with E-state index < -0.39 is 0 Å². The number of rotatable bonds is 4. The second kappa shape index (κ2) is 4.84. The summed E-state index contributed by atoms with van der Waals surface area (Å²) < 4.78 is 0. The van der Waals surface area contributed by atoms with Crippen LogP contribution in [0.5, 0.6) is 0 Å². The molecule has 2 rings (SSSR count). The van der Waals surface area contributed by atoms with E-state index in [1.165, 1.54) is 25.7 Å². The first-order chi connectivity index (χ1) is 7.29.